The molecule has 0 nitrogen and oxygen atoms in total. The lowest BCUT2D eigenvalue weighted by Crippen LogP contribution is -2.46. The van der Waals surface area contributed by atoms with Crippen molar-refractivity contribution in [2.75, 3.05) is 0 Å². The monoisotopic (exact) mass is 168 g/mol. The van der Waals surface area contributed by atoms with Crippen LogP contribution in [0.5, 0.6) is 0 Å². The van der Waals surface area contributed by atoms with Gasteiger partial charge in [-0.25, -0.2) is 0 Å². The topological polar surface area (TPSA) is 0 Å². The van der Waals surface area contributed by atoms with Crippen LogP contribution in [0.3, 0.4) is 0 Å². The molecule has 0 saturated heterocycles. The van der Waals surface area contributed by atoms with Crippen molar-refractivity contribution < 1.29 is 0 Å². The normalized spacial score (nSPS) is 41.5. The molecule has 1 aliphatic carbocycles. The van der Waals surface area contributed by atoms with Crippen molar-refractivity contribution in [1.82, 2.24) is 0 Å². The summed E-state index contributed by atoms with van der Waals surface area (Å²) in [5.74, 6) is 4.90. The minimum absolute atomic E-state index is 0.892. The SMILES string of the molecule is CCCC1C(C)C(C(C)C)C1C. The molecule has 0 radical (unpaired) electrons. The van der Waals surface area contributed by atoms with Gasteiger partial charge in [0.1, 0.15) is 0 Å². The third-order valence-corrected chi connectivity index (χ3v) is 3.96. The van der Waals surface area contributed by atoms with Gasteiger partial charge in [-0.1, -0.05) is 47.5 Å². The Morgan fingerprint density at radius 2 is 1.58 bits per heavy atom. The van der Waals surface area contributed by atoms with Crippen LogP contribution in [0.2, 0.25) is 0 Å². The molecule has 0 N–H and O–H groups in total. The van der Waals surface area contributed by atoms with Crippen LogP contribution in [-0.4, -0.2) is 0 Å². The molecule has 1 fully saturated rings. The van der Waals surface area contributed by atoms with Gasteiger partial charge in [0.05, 0.1) is 0 Å². The molecule has 0 aromatic rings. The van der Waals surface area contributed by atoms with Gasteiger partial charge in [0.25, 0.3) is 0 Å². The van der Waals surface area contributed by atoms with Gasteiger partial charge >= 0.3 is 0 Å². The summed E-state index contributed by atoms with van der Waals surface area (Å²) >= 11 is 0. The summed E-state index contributed by atoms with van der Waals surface area (Å²) in [6, 6.07) is 0. The maximum Gasteiger partial charge on any atom is -0.0334 e. The smallest absolute Gasteiger partial charge is 0.0334 e. The summed E-state index contributed by atoms with van der Waals surface area (Å²) in [6.45, 7) is 12.0. The van der Waals surface area contributed by atoms with Gasteiger partial charge in [-0.05, 0) is 29.6 Å². The second-order valence-corrected chi connectivity index (χ2v) is 4.99. The van der Waals surface area contributed by atoms with E-state index >= 15 is 0 Å². The fourth-order valence-electron chi connectivity index (χ4n) is 3.46. The molecule has 0 heteroatoms. The van der Waals surface area contributed by atoms with Crippen molar-refractivity contribution in [3.8, 4) is 0 Å². The van der Waals surface area contributed by atoms with Crippen LogP contribution in [0.4, 0.5) is 0 Å². The molecule has 0 aromatic carbocycles. The van der Waals surface area contributed by atoms with Crippen LogP contribution in [0.1, 0.15) is 47.5 Å². The fraction of sp³-hybridized carbons (Fsp3) is 1.00. The first-order valence-electron chi connectivity index (χ1n) is 5.59. The lowest BCUT2D eigenvalue weighted by atomic mass is 9.53. The fourth-order valence-corrected chi connectivity index (χ4v) is 3.46. The molecule has 0 heterocycles. The van der Waals surface area contributed by atoms with Gasteiger partial charge in [-0.15, -0.1) is 0 Å². The summed E-state index contributed by atoms with van der Waals surface area (Å²) in [7, 11) is 0. The molecule has 12 heavy (non-hydrogen) atoms. The van der Waals surface area contributed by atoms with E-state index < -0.39 is 0 Å². The van der Waals surface area contributed by atoms with E-state index in [0.29, 0.717) is 0 Å². The second kappa shape index (κ2) is 3.81. The standard InChI is InChI=1S/C12H24/c1-6-7-11-9(4)12(8(2)3)10(11)5/h8-12H,6-7H2,1-5H3. The molecule has 0 aliphatic heterocycles. The van der Waals surface area contributed by atoms with E-state index in [1.54, 1.807) is 0 Å². The lowest BCUT2D eigenvalue weighted by molar-refractivity contribution is -0.0340. The zero-order valence-electron chi connectivity index (χ0n) is 9.30. The largest absolute Gasteiger partial charge is 0.0654 e. The molecule has 1 saturated carbocycles. The molecule has 0 spiro atoms. The first kappa shape index (κ1) is 10.1. The molecule has 1 rings (SSSR count). The van der Waals surface area contributed by atoms with Crippen LogP contribution in [0.25, 0.3) is 0 Å². The summed E-state index contributed by atoms with van der Waals surface area (Å²) < 4.78 is 0. The highest BCUT2D eigenvalue weighted by Gasteiger charge is 2.44. The number of hydrogen-bond donors (Lipinski definition) is 0. The molecule has 0 amide bonds. The highest BCUT2D eigenvalue weighted by atomic mass is 14.5. The van der Waals surface area contributed by atoms with E-state index in [0.717, 1.165) is 29.6 Å². The third-order valence-electron chi connectivity index (χ3n) is 3.96. The molecule has 2 atom stereocenters. The van der Waals surface area contributed by atoms with Crippen LogP contribution >= 0.6 is 0 Å². The van der Waals surface area contributed by atoms with Crippen molar-refractivity contribution in [3.05, 3.63) is 0 Å². The molecule has 72 valence electrons. The predicted octanol–water partition coefficient (Wildman–Crippen LogP) is 3.96. The zero-order chi connectivity index (χ0) is 9.30. The Bertz CT molecular complexity index is 127. The van der Waals surface area contributed by atoms with E-state index in [-0.39, 0.29) is 0 Å². The molecule has 0 bridgehead atoms. The van der Waals surface area contributed by atoms with Crippen LogP contribution in [0.15, 0.2) is 0 Å². The van der Waals surface area contributed by atoms with Gasteiger partial charge in [-0.3, -0.25) is 0 Å². The maximum atomic E-state index is 2.45. The number of hydrogen-bond acceptors (Lipinski definition) is 0. The Labute approximate surface area is 77.7 Å². The Morgan fingerprint density at radius 1 is 1.08 bits per heavy atom. The number of rotatable bonds is 3. The van der Waals surface area contributed by atoms with Gasteiger partial charge in [-0.2, -0.15) is 0 Å². The highest BCUT2D eigenvalue weighted by Crippen LogP contribution is 2.51. The summed E-state index contributed by atoms with van der Waals surface area (Å²) in [5.41, 5.74) is 0. The van der Waals surface area contributed by atoms with E-state index in [1.165, 1.54) is 12.8 Å². The zero-order valence-corrected chi connectivity index (χ0v) is 9.30. The van der Waals surface area contributed by atoms with E-state index in [1.807, 2.05) is 0 Å². The Kier molecular flexibility index (Phi) is 3.20. The van der Waals surface area contributed by atoms with Gasteiger partial charge in [0.15, 0.2) is 0 Å². The predicted molar refractivity (Wildman–Crippen MR) is 55.1 cm³/mol. The summed E-state index contributed by atoms with van der Waals surface area (Å²) in [6.07, 6.45) is 2.82. The Morgan fingerprint density at radius 3 is 1.92 bits per heavy atom. The van der Waals surface area contributed by atoms with E-state index in [2.05, 4.69) is 34.6 Å². The molecular weight excluding hydrogens is 144 g/mol. The minimum atomic E-state index is 0.892. The van der Waals surface area contributed by atoms with E-state index in [4.69, 9.17) is 0 Å². The average molecular weight is 168 g/mol. The van der Waals surface area contributed by atoms with Gasteiger partial charge in [0.2, 0.25) is 0 Å². The van der Waals surface area contributed by atoms with Crippen LogP contribution < -0.4 is 0 Å². The molecule has 0 aromatic heterocycles. The average Bonchev–Trinajstić information content (AvgIpc) is 2.00. The Hall–Kier alpha value is 0. The lowest BCUT2D eigenvalue weighted by Gasteiger charge is -2.52. The van der Waals surface area contributed by atoms with Crippen LogP contribution in [0, 0.1) is 29.6 Å². The van der Waals surface area contributed by atoms with Crippen molar-refractivity contribution in [3.63, 3.8) is 0 Å². The first-order chi connectivity index (χ1) is 5.59. The first-order valence-corrected chi connectivity index (χ1v) is 5.59. The van der Waals surface area contributed by atoms with Crippen molar-refractivity contribution in [2.24, 2.45) is 29.6 Å². The second-order valence-electron chi connectivity index (χ2n) is 4.99. The molecule has 2 unspecified atom stereocenters. The van der Waals surface area contributed by atoms with Crippen molar-refractivity contribution >= 4 is 0 Å². The molecule has 1 aliphatic rings. The molecular formula is C12H24. The quantitative estimate of drug-likeness (QED) is 0.598. The summed E-state index contributed by atoms with van der Waals surface area (Å²) in [5, 5.41) is 0. The van der Waals surface area contributed by atoms with Crippen LogP contribution in [-0.2, 0) is 0 Å². The summed E-state index contributed by atoms with van der Waals surface area (Å²) in [4.78, 5) is 0. The van der Waals surface area contributed by atoms with Gasteiger partial charge in [0, 0.05) is 0 Å². The minimum Gasteiger partial charge on any atom is -0.0654 e. The third kappa shape index (κ3) is 1.53. The van der Waals surface area contributed by atoms with Crippen molar-refractivity contribution in [1.29, 1.82) is 0 Å². The Balaban J connectivity index is 2.44. The maximum absolute atomic E-state index is 2.45. The van der Waals surface area contributed by atoms with Crippen molar-refractivity contribution in [2.45, 2.75) is 47.5 Å². The van der Waals surface area contributed by atoms with Gasteiger partial charge < -0.3 is 0 Å². The van der Waals surface area contributed by atoms with E-state index in [9.17, 15) is 0 Å². The highest BCUT2D eigenvalue weighted by molar-refractivity contribution is 4.93.